The first-order chi connectivity index (χ1) is 16.4. The Balaban J connectivity index is 1.28. The predicted octanol–water partition coefficient (Wildman–Crippen LogP) is 1.96. The van der Waals surface area contributed by atoms with Crippen LogP contribution in [0, 0.1) is 17.7 Å². The first kappa shape index (κ1) is 22.2. The highest BCUT2D eigenvalue weighted by Gasteiger charge is 2.33. The van der Waals surface area contributed by atoms with Crippen LogP contribution in [0.1, 0.15) is 43.0 Å². The number of fused-ring (bicyclic) bond motifs is 1. The normalized spacial score (nSPS) is 21.1. The average Bonchev–Trinajstić information content (AvgIpc) is 3.55. The van der Waals surface area contributed by atoms with E-state index in [0.29, 0.717) is 19.0 Å². The molecule has 5 rings (SSSR count). The molecule has 10 nitrogen and oxygen atoms in total. The van der Waals surface area contributed by atoms with E-state index >= 15 is 0 Å². The molecule has 1 aliphatic carbocycles. The number of ketones is 1. The number of nitrogens with zero attached hydrogens (tertiary/aromatic N) is 6. The second-order valence-electron chi connectivity index (χ2n) is 9.13. The number of amides is 2. The van der Waals surface area contributed by atoms with Gasteiger partial charge in [-0.25, -0.2) is 14.1 Å². The lowest BCUT2D eigenvalue weighted by Gasteiger charge is -2.37. The van der Waals surface area contributed by atoms with Gasteiger partial charge < -0.3 is 14.8 Å². The van der Waals surface area contributed by atoms with Crippen molar-refractivity contribution in [3.63, 3.8) is 0 Å². The maximum absolute atomic E-state index is 14.7. The smallest absolute Gasteiger partial charge is 0.295 e. The number of halogens is 1. The van der Waals surface area contributed by atoms with E-state index in [1.807, 2.05) is 0 Å². The number of pyridine rings is 1. The molecule has 1 saturated carbocycles. The van der Waals surface area contributed by atoms with E-state index in [4.69, 9.17) is 0 Å². The first-order valence-electron chi connectivity index (χ1n) is 11.6. The Hall–Kier alpha value is -3.63. The summed E-state index contributed by atoms with van der Waals surface area (Å²) in [5.41, 5.74) is 0.190. The van der Waals surface area contributed by atoms with Crippen molar-refractivity contribution in [3.8, 4) is 5.82 Å². The SMILES string of the molecule is C[C@H]1CC[C@H](C(=O)N2CCN(C(=O)C(=O)c3c[nH]c4c(-n5ccnn5)ncc(F)c34)CC2)CC1. The van der Waals surface area contributed by atoms with Gasteiger partial charge in [-0.15, -0.1) is 5.10 Å². The van der Waals surface area contributed by atoms with Crippen molar-refractivity contribution in [1.29, 1.82) is 0 Å². The standard InChI is InChI=1S/C23H26FN7O3/c1-14-2-4-15(5-3-14)22(33)29-8-10-30(11-9-29)23(34)20(32)16-12-25-19-18(16)17(24)13-26-21(19)31-7-6-27-28-31/h6-7,12-15,25H,2-5,8-11H2,1H3/t14-,15-. The molecule has 0 unspecified atom stereocenters. The number of carbonyl (C=O) groups is 3. The van der Waals surface area contributed by atoms with E-state index in [0.717, 1.165) is 31.9 Å². The number of hydrogen-bond donors (Lipinski definition) is 1. The van der Waals surface area contributed by atoms with E-state index in [1.165, 1.54) is 22.0 Å². The number of nitrogens with one attached hydrogen (secondary N) is 1. The number of aromatic nitrogens is 5. The van der Waals surface area contributed by atoms with Gasteiger partial charge in [0.2, 0.25) is 5.91 Å². The van der Waals surface area contributed by atoms with Crippen LogP contribution in [0.15, 0.2) is 24.8 Å². The van der Waals surface area contributed by atoms with Crippen molar-refractivity contribution >= 4 is 28.5 Å². The van der Waals surface area contributed by atoms with Crippen LogP contribution in [0.3, 0.4) is 0 Å². The maximum atomic E-state index is 14.7. The molecule has 1 N–H and O–H groups in total. The van der Waals surface area contributed by atoms with Crippen LogP contribution in [0.5, 0.6) is 0 Å². The number of carbonyl (C=O) groups excluding carboxylic acids is 3. The molecule has 2 amide bonds. The molecule has 178 valence electrons. The lowest BCUT2D eigenvalue weighted by molar-refractivity contribution is -0.141. The lowest BCUT2D eigenvalue weighted by Crippen LogP contribution is -2.53. The van der Waals surface area contributed by atoms with Gasteiger partial charge in [-0.1, -0.05) is 12.1 Å². The van der Waals surface area contributed by atoms with Crippen molar-refractivity contribution in [2.75, 3.05) is 26.2 Å². The van der Waals surface area contributed by atoms with Crippen molar-refractivity contribution in [2.45, 2.75) is 32.6 Å². The number of hydrogen-bond acceptors (Lipinski definition) is 6. The number of rotatable bonds is 4. The van der Waals surface area contributed by atoms with E-state index in [2.05, 4.69) is 27.2 Å². The van der Waals surface area contributed by atoms with Gasteiger partial charge in [0, 0.05) is 38.3 Å². The van der Waals surface area contributed by atoms with Crippen molar-refractivity contribution in [1.82, 2.24) is 34.8 Å². The molecular formula is C23H26FN7O3. The molecule has 34 heavy (non-hydrogen) atoms. The fourth-order valence-electron chi connectivity index (χ4n) is 4.92. The number of Topliss-reactive ketones (excluding diaryl/α,β-unsaturated/α-hetero) is 1. The summed E-state index contributed by atoms with van der Waals surface area (Å²) in [5, 5.41) is 7.56. The lowest BCUT2D eigenvalue weighted by atomic mass is 9.82. The molecule has 0 bridgehead atoms. The van der Waals surface area contributed by atoms with Crippen LogP contribution in [0.25, 0.3) is 16.7 Å². The topological polar surface area (TPSA) is 117 Å². The average molecular weight is 468 g/mol. The fourth-order valence-corrected chi connectivity index (χ4v) is 4.92. The number of piperazine rings is 1. The zero-order chi connectivity index (χ0) is 23.8. The summed E-state index contributed by atoms with van der Waals surface area (Å²) < 4.78 is 16.0. The Morgan fingerprint density at radius 3 is 2.44 bits per heavy atom. The third-order valence-electron chi connectivity index (χ3n) is 6.96. The molecule has 0 atom stereocenters. The molecule has 2 aliphatic rings. The monoisotopic (exact) mass is 467 g/mol. The van der Waals surface area contributed by atoms with Gasteiger partial charge in [-0.05, 0) is 31.6 Å². The van der Waals surface area contributed by atoms with Gasteiger partial charge in [0.05, 0.1) is 35.1 Å². The van der Waals surface area contributed by atoms with Gasteiger partial charge in [-0.2, -0.15) is 0 Å². The summed E-state index contributed by atoms with van der Waals surface area (Å²) in [5.74, 6) is -1.08. The Morgan fingerprint density at radius 2 is 1.76 bits per heavy atom. The van der Waals surface area contributed by atoms with Gasteiger partial charge >= 0.3 is 0 Å². The van der Waals surface area contributed by atoms with Crippen molar-refractivity contribution in [2.24, 2.45) is 11.8 Å². The van der Waals surface area contributed by atoms with Crippen molar-refractivity contribution in [3.05, 3.63) is 36.2 Å². The van der Waals surface area contributed by atoms with Gasteiger partial charge in [0.15, 0.2) is 11.6 Å². The quantitative estimate of drug-likeness (QED) is 0.463. The molecule has 4 heterocycles. The molecule has 0 aromatic carbocycles. The maximum Gasteiger partial charge on any atom is 0.295 e. The fraction of sp³-hybridized carbons (Fsp3) is 0.478. The molecule has 0 spiro atoms. The Kier molecular flexibility index (Phi) is 5.84. The summed E-state index contributed by atoms with van der Waals surface area (Å²) in [4.78, 5) is 49.0. The summed E-state index contributed by atoms with van der Waals surface area (Å²) in [6.45, 7) is 3.55. The zero-order valence-electron chi connectivity index (χ0n) is 18.9. The summed E-state index contributed by atoms with van der Waals surface area (Å²) in [7, 11) is 0. The summed E-state index contributed by atoms with van der Waals surface area (Å²) in [6, 6.07) is 0. The second-order valence-corrected chi connectivity index (χ2v) is 9.13. The van der Waals surface area contributed by atoms with Gasteiger partial charge in [-0.3, -0.25) is 14.4 Å². The molecule has 1 saturated heterocycles. The minimum absolute atomic E-state index is 0.0146. The molecule has 3 aromatic rings. The van der Waals surface area contributed by atoms with E-state index < -0.39 is 17.5 Å². The molecule has 1 aliphatic heterocycles. The van der Waals surface area contributed by atoms with E-state index in [-0.39, 0.29) is 47.2 Å². The molecule has 3 aromatic heterocycles. The Bertz CT molecular complexity index is 1220. The molecule has 0 radical (unpaired) electrons. The number of H-pyrrole nitrogens is 1. The summed E-state index contributed by atoms with van der Waals surface area (Å²) >= 11 is 0. The highest BCUT2D eigenvalue weighted by Crippen LogP contribution is 2.30. The van der Waals surface area contributed by atoms with Crippen LogP contribution in [-0.4, -0.2) is 78.5 Å². The highest BCUT2D eigenvalue weighted by molar-refractivity contribution is 6.45. The van der Waals surface area contributed by atoms with Crippen molar-refractivity contribution < 1.29 is 18.8 Å². The van der Waals surface area contributed by atoms with Gasteiger partial charge in [0.1, 0.15) is 0 Å². The van der Waals surface area contributed by atoms with Crippen LogP contribution in [-0.2, 0) is 9.59 Å². The minimum Gasteiger partial charge on any atom is -0.357 e. The molecular weight excluding hydrogens is 441 g/mol. The zero-order valence-corrected chi connectivity index (χ0v) is 18.9. The van der Waals surface area contributed by atoms with Crippen LogP contribution >= 0.6 is 0 Å². The largest absolute Gasteiger partial charge is 0.357 e. The van der Waals surface area contributed by atoms with E-state index in [9.17, 15) is 18.8 Å². The first-order valence-corrected chi connectivity index (χ1v) is 11.6. The third kappa shape index (κ3) is 3.95. The van der Waals surface area contributed by atoms with Crippen LogP contribution in [0.4, 0.5) is 4.39 Å². The number of aromatic amines is 1. The Morgan fingerprint density at radius 1 is 1.06 bits per heavy atom. The third-order valence-corrected chi connectivity index (χ3v) is 6.96. The van der Waals surface area contributed by atoms with Crippen LogP contribution < -0.4 is 0 Å². The minimum atomic E-state index is -0.804. The van der Waals surface area contributed by atoms with Crippen LogP contribution in [0.2, 0.25) is 0 Å². The second kappa shape index (κ2) is 8.96. The van der Waals surface area contributed by atoms with E-state index in [1.54, 1.807) is 11.1 Å². The highest BCUT2D eigenvalue weighted by atomic mass is 19.1. The summed E-state index contributed by atoms with van der Waals surface area (Å²) in [6.07, 6.45) is 9.27. The molecule has 2 fully saturated rings. The predicted molar refractivity (Wildman–Crippen MR) is 120 cm³/mol. The molecule has 11 heteroatoms. The van der Waals surface area contributed by atoms with Gasteiger partial charge in [0.25, 0.3) is 11.7 Å². The Labute approximate surface area is 195 Å².